The standard InChI is InChI=1S/C12H16Br2N4O/c1-17(2)12(19)10-7-15-3-4-18(10)11-9(14)5-8(13)6-16-11/h5-6,10,15H,3-4,7H2,1-2H3. The average molecular weight is 392 g/mol. The molecule has 1 saturated heterocycles. The van der Waals surface area contributed by atoms with Crippen molar-refractivity contribution < 1.29 is 4.79 Å². The third-order valence-corrected chi connectivity index (χ3v) is 4.05. The van der Waals surface area contributed by atoms with E-state index in [0.717, 1.165) is 27.9 Å². The highest BCUT2D eigenvalue weighted by atomic mass is 79.9. The van der Waals surface area contributed by atoms with Crippen molar-refractivity contribution in [2.24, 2.45) is 0 Å². The molecule has 1 aliphatic heterocycles. The summed E-state index contributed by atoms with van der Waals surface area (Å²) in [4.78, 5) is 20.4. The second kappa shape index (κ2) is 6.19. The zero-order chi connectivity index (χ0) is 14.0. The zero-order valence-electron chi connectivity index (χ0n) is 10.9. The molecule has 7 heteroatoms. The van der Waals surface area contributed by atoms with E-state index in [2.05, 4.69) is 47.1 Å². The minimum Gasteiger partial charge on any atom is -0.347 e. The highest BCUT2D eigenvalue weighted by molar-refractivity contribution is 9.11. The number of rotatable bonds is 2. The summed E-state index contributed by atoms with van der Waals surface area (Å²) in [7, 11) is 3.55. The lowest BCUT2D eigenvalue weighted by Crippen LogP contribution is -2.58. The number of piperazine rings is 1. The number of pyridine rings is 1. The number of hydrogen-bond acceptors (Lipinski definition) is 4. The van der Waals surface area contributed by atoms with Crippen molar-refractivity contribution in [1.82, 2.24) is 15.2 Å². The number of nitrogens with zero attached hydrogens (tertiary/aromatic N) is 3. The Balaban J connectivity index is 2.31. The van der Waals surface area contributed by atoms with E-state index in [0.29, 0.717) is 6.54 Å². The zero-order valence-corrected chi connectivity index (χ0v) is 14.0. The van der Waals surface area contributed by atoms with Crippen LogP contribution >= 0.6 is 31.9 Å². The van der Waals surface area contributed by atoms with Crippen LogP contribution in [0.1, 0.15) is 0 Å². The Kier molecular flexibility index (Phi) is 4.81. The molecule has 1 aliphatic rings. The SMILES string of the molecule is CN(C)C(=O)C1CNCCN1c1ncc(Br)cc1Br. The van der Waals surface area contributed by atoms with E-state index >= 15 is 0 Å². The number of carbonyl (C=O) groups excluding carboxylic acids is 1. The van der Waals surface area contributed by atoms with Crippen LogP contribution in [0.3, 0.4) is 0 Å². The second-order valence-electron chi connectivity index (χ2n) is 4.60. The van der Waals surface area contributed by atoms with Crippen LogP contribution in [0.4, 0.5) is 5.82 Å². The van der Waals surface area contributed by atoms with Gasteiger partial charge in [-0.05, 0) is 37.9 Å². The smallest absolute Gasteiger partial charge is 0.246 e. The van der Waals surface area contributed by atoms with Crippen LogP contribution in [0.5, 0.6) is 0 Å². The summed E-state index contributed by atoms with van der Waals surface area (Å²) in [6.07, 6.45) is 1.75. The van der Waals surface area contributed by atoms with E-state index < -0.39 is 0 Å². The molecule has 19 heavy (non-hydrogen) atoms. The number of hydrogen-bond donors (Lipinski definition) is 1. The highest BCUT2D eigenvalue weighted by Gasteiger charge is 2.31. The van der Waals surface area contributed by atoms with Gasteiger partial charge in [-0.15, -0.1) is 0 Å². The summed E-state index contributed by atoms with van der Waals surface area (Å²) in [6.45, 7) is 2.25. The van der Waals surface area contributed by atoms with Gasteiger partial charge in [-0.3, -0.25) is 4.79 Å². The maximum Gasteiger partial charge on any atom is 0.246 e. The number of anilines is 1. The van der Waals surface area contributed by atoms with Crippen LogP contribution in [-0.4, -0.2) is 55.6 Å². The number of aromatic nitrogens is 1. The summed E-state index contributed by atoms with van der Waals surface area (Å²) in [5, 5.41) is 3.26. The number of halogens is 2. The van der Waals surface area contributed by atoms with Crippen LogP contribution in [0.2, 0.25) is 0 Å². The minimum atomic E-state index is -0.214. The van der Waals surface area contributed by atoms with Crippen molar-refractivity contribution in [2.45, 2.75) is 6.04 Å². The van der Waals surface area contributed by atoms with Crippen LogP contribution in [0.15, 0.2) is 21.2 Å². The summed E-state index contributed by atoms with van der Waals surface area (Å²) in [6, 6.07) is 1.73. The number of nitrogens with one attached hydrogen (secondary N) is 1. The van der Waals surface area contributed by atoms with Crippen LogP contribution in [-0.2, 0) is 4.79 Å². The largest absolute Gasteiger partial charge is 0.347 e. The Bertz CT molecular complexity index is 481. The third kappa shape index (κ3) is 3.27. The lowest BCUT2D eigenvalue weighted by atomic mass is 10.1. The second-order valence-corrected chi connectivity index (χ2v) is 6.37. The minimum absolute atomic E-state index is 0.0869. The topological polar surface area (TPSA) is 48.5 Å². The Morgan fingerprint density at radius 3 is 2.89 bits per heavy atom. The summed E-state index contributed by atoms with van der Waals surface area (Å²) < 4.78 is 1.80. The molecule has 1 N–H and O–H groups in total. The fraction of sp³-hybridized carbons (Fsp3) is 0.500. The summed E-state index contributed by atoms with van der Waals surface area (Å²) in [5.74, 6) is 0.897. The molecule has 1 unspecified atom stereocenters. The van der Waals surface area contributed by atoms with Crippen molar-refractivity contribution >= 4 is 43.6 Å². The van der Waals surface area contributed by atoms with Crippen molar-refractivity contribution in [1.29, 1.82) is 0 Å². The fourth-order valence-corrected chi connectivity index (χ4v) is 3.31. The first-order valence-corrected chi connectivity index (χ1v) is 7.59. The Labute approximate surface area is 129 Å². The molecular formula is C12H16Br2N4O. The Morgan fingerprint density at radius 2 is 2.26 bits per heavy atom. The third-order valence-electron chi connectivity index (χ3n) is 3.03. The quantitative estimate of drug-likeness (QED) is 0.829. The normalized spacial score (nSPS) is 19.4. The predicted octanol–water partition coefficient (Wildman–Crippen LogP) is 1.47. The molecule has 1 atom stereocenters. The molecule has 104 valence electrons. The molecule has 0 radical (unpaired) electrons. The van der Waals surface area contributed by atoms with Crippen molar-refractivity contribution in [2.75, 3.05) is 38.6 Å². The fourth-order valence-electron chi connectivity index (χ4n) is 2.10. The first kappa shape index (κ1) is 14.7. The molecule has 1 aromatic rings. The van der Waals surface area contributed by atoms with Gasteiger partial charge in [-0.1, -0.05) is 0 Å². The molecular weight excluding hydrogens is 376 g/mol. The molecule has 1 aromatic heterocycles. The van der Waals surface area contributed by atoms with E-state index in [-0.39, 0.29) is 11.9 Å². The maximum absolute atomic E-state index is 12.3. The average Bonchev–Trinajstić information content (AvgIpc) is 2.38. The van der Waals surface area contributed by atoms with Crippen LogP contribution < -0.4 is 10.2 Å². The van der Waals surface area contributed by atoms with Gasteiger partial charge in [0, 0.05) is 44.4 Å². The van der Waals surface area contributed by atoms with E-state index in [1.807, 2.05) is 6.07 Å². The Hall–Kier alpha value is -0.660. The molecule has 0 saturated carbocycles. The molecule has 0 bridgehead atoms. The summed E-state index contributed by atoms with van der Waals surface area (Å²) in [5.41, 5.74) is 0. The maximum atomic E-state index is 12.3. The van der Waals surface area contributed by atoms with E-state index in [1.165, 1.54) is 0 Å². The van der Waals surface area contributed by atoms with Gasteiger partial charge in [-0.25, -0.2) is 4.98 Å². The molecule has 2 heterocycles. The van der Waals surface area contributed by atoms with Crippen LogP contribution in [0.25, 0.3) is 0 Å². The van der Waals surface area contributed by atoms with E-state index in [4.69, 9.17) is 0 Å². The van der Waals surface area contributed by atoms with Gasteiger partial charge in [0.05, 0.1) is 4.47 Å². The van der Waals surface area contributed by atoms with E-state index in [9.17, 15) is 4.79 Å². The monoisotopic (exact) mass is 390 g/mol. The molecule has 1 fully saturated rings. The van der Waals surface area contributed by atoms with Gasteiger partial charge in [-0.2, -0.15) is 0 Å². The Morgan fingerprint density at radius 1 is 1.53 bits per heavy atom. The molecule has 5 nitrogen and oxygen atoms in total. The molecule has 0 aliphatic carbocycles. The first-order valence-electron chi connectivity index (χ1n) is 6.00. The lowest BCUT2D eigenvalue weighted by Gasteiger charge is -2.37. The predicted molar refractivity (Wildman–Crippen MR) is 82.3 cm³/mol. The number of carbonyl (C=O) groups is 1. The highest BCUT2D eigenvalue weighted by Crippen LogP contribution is 2.28. The van der Waals surface area contributed by atoms with Gasteiger partial charge in [0.2, 0.25) is 5.91 Å². The first-order chi connectivity index (χ1) is 9.00. The van der Waals surface area contributed by atoms with Crippen molar-refractivity contribution in [3.05, 3.63) is 21.2 Å². The summed E-state index contributed by atoms with van der Waals surface area (Å²) >= 11 is 6.91. The van der Waals surface area contributed by atoms with E-state index in [1.54, 1.807) is 25.2 Å². The van der Waals surface area contributed by atoms with Gasteiger partial charge >= 0.3 is 0 Å². The van der Waals surface area contributed by atoms with Gasteiger partial charge in [0.25, 0.3) is 0 Å². The lowest BCUT2D eigenvalue weighted by molar-refractivity contribution is -0.130. The van der Waals surface area contributed by atoms with Gasteiger partial charge in [0.1, 0.15) is 11.9 Å². The molecule has 0 aromatic carbocycles. The van der Waals surface area contributed by atoms with Crippen LogP contribution in [0, 0.1) is 0 Å². The molecule has 0 spiro atoms. The van der Waals surface area contributed by atoms with Gasteiger partial charge < -0.3 is 15.1 Å². The van der Waals surface area contributed by atoms with Crippen molar-refractivity contribution in [3.8, 4) is 0 Å². The van der Waals surface area contributed by atoms with Gasteiger partial charge in [0.15, 0.2) is 0 Å². The number of likely N-dealkylation sites (N-methyl/N-ethyl adjacent to an activating group) is 1. The number of amides is 1. The molecule has 2 rings (SSSR count). The van der Waals surface area contributed by atoms with Crippen molar-refractivity contribution in [3.63, 3.8) is 0 Å². The molecule has 1 amide bonds.